The lowest BCUT2D eigenvalue weighted by atomic mass is 9.81. The summed E-state index contributed by atoms with van der Waals surface area (Å²) in [4.78, 5) is 0. The van der Waals surface area contributed by atoms with Gasteiger partial charge in [-0.05, 0) is 49.9 Å². The molecule has 1 heterocycles. The Morgan fingerprint density at radius 2 is 2.25 bits per heavy atom. The normalized spacial score (nSPS) is 25.6. The van der Waals surface area contributed by atoms with Gasteiger partial charge in [-0.3, -0.25) is 0 Å². The van der Waals surface area contributed by atoms with Gasteiger partial charge in [0.25, 0.3) is 0 Å². The van der Waals surface area contributed by atoms with Crippen molar-refractivity contribution in [1.29, 1.82) is 0 Å². The molecule has 1 N–H and O–H groups in total. The molecule has 2 heteroatoms. The minimum Gasteiger partial charge on any atom is -0.311 e. The maximum absolute atomic E-state index is 13.1. The number of rotatable bonds is 3. The van der Waals surface area contributed by atoms with Gasteiger partial charge in [0.2, 0.25) is 0 Å². The Bertz CT molecular complexity index is 342. The van der Waals surface area contributed by atoms with Crippen molar-refractivity contribution in [2.75, 3.05) is 6.54 Å². The van der Waals surface area contributed by atoms with E-state index in [0.717, 1.165) is 24.9 Å². The quantitative estimate of drug-likeness (QED) is 0.826. The van der Waals surface area contributed by atoms with Gasteiger partial charge < -0.3 is 5.32 Å². The van der Waals surface area contributed by atoms with Crippen molar-refractivity contribution < 1.29 is 4.39 Å². The highest BCUT2D eigenvalue weighted by Gasteiger charge is 2.29. The van der Waals surface area contributed by atoms with E-state index >= 15 is 0 Å². The lowest BCUT2D eigenvalue weighted by molar-refractivity contribution is 0.243. The largest absolute Gasteiger partial charge is 0.311 e. The van der Waals surface area contributed by atoms with Crippen LogP contribution >= 0.6 is 0 Å². The van der Waals surface area contributed by atoms with Crippen molar-refractivity contribution in [2.24, 2.45) is 0 Å². The van der Waals surface area contributed by atoms with E-state index in [2.05, 4.69) is 12.2 Å². The average molecular weight is 221 g/mol. The third kappa shape index (κ3) is 2.62. The average Bonchev–Trinajstić information content (AvgIpc) is 2.30. The standard InChI is InChI=1S/C14H20FN/c1-2-14(8-3-4-9-16-14)11-12-6-5-7-13(15)10-12/h5-7,10,16H,2-4,8-9,11H2,1H3. The molecule has 1 unspecified atom stereocenters. The van der Waals surface area contributed by atoms with Crippen molar-refractivity contribution in [2.45, 2.75) is 44.6 Å². The zero-order chi connectivity index (χ0) is 11.4. The lowest BCUT2D eigenvalue weighted by Crippen LogP contribution is -2.49. The Labute approximate surface area is 97.1 Å². The molecule has 0 radical (unpaired) electrons. The number of hydrogen-bond acceptors (Lipinski definition) is 1. The SMILES string of the molecule is CCC1(Cc2cccc(F)c2)CCCCN1. The van der Waals surface area contributed by atoms with Crippen LogP contribution in [0, 0.1) is 5.82 Å². The summed E-state index contributed by atoms with van der Waals surface area (Å²) in [5, 5.41) is 3.63. The van der Waals surface area contributed by atoms with Gasteiger partial charge in [0.1, 0.15) is 5.82 Å². The molecule has 1 aliphatic rings. The van der Waals surface area contributed by atoms with Gasteiger partial charge in [-0.2, -0.15) is 0 Å². The third-order valence-corrected chi connectivity index (χ3v) is 3.69. The fraction of sp³-hybridized carbons (Fsp3) is 0.571. The molecule has 1 aromatic carbocycles. The van der Waals surface area contributed by atoms with Gasteiger partial charge in [0, 0.05) is 5.54 Å². The highest BCUT2D eigenvalue weighted by atomic mass is 19.1. The number of hydrogen-bond donors (Lipinski definition) is 1. The van der Waals surface area contributed by atoms with E-state index in [0.29, 0.717) is 0 Å². The number of piperidine rings is 1. The zero-order valence-electron chi connectivity index (χ0n) is 9.93. The van der Waals surface area contributed by atoms with Gasteiger partial charge in [-0.1, -0.05) is 25.5 Å². The fourth-order valence-corrected chi connectivity index (χ4v) is 2.65. The van der Waals surface area contributed by atoms with E-state index < -0.39 is 0 Å². The Morgan fingerprint density at radius 3 is 2.88 bits per heavy atom. The predicted molar refractivity (Wildman–Crippen MR) is 65.0 cm³/mol. The van der Waals surface area contributed by atoms with Crippen LogP contribution < -0.4 is 5.32 Å². The first-order chi connectivity index (χ1) is 7.74. The molecule has 16 heavy (non-hydrogen) atoms. The second-order valence-electron chi connectivity index (χ2n) is 4.82. The first kappa shape index (κ1) is 11.6. The molecule has 0 aromatic heterocycles. The molecule has 0 aliphatic carbocycles. The van der Waals surface area contributed by atoms with Crippen molar-refractivity contribution in [3.8, 4) is 0 Å². The Morgan fingerprint density at radius 1 is 1.38 bits per heavy atom. The molecule has 1 aliphatic heterocycles. The van der Waals surface area contributed by atoms with Gasteiger partial charge in [0.05, 0.1) is 0 Å². The Kier molecular flexibility index (Phi) is 3.59. The summed E-state index contributed by atoms with van der Waals surface area (Å²) in [7, 11) is 0. The highest BCUT2D eigenvalue weighted by Crippen LogP contribution is 2.27. The molecular weight excluding hydrogens is 201 g/mol. The van der Waals surface area contributed by atoms with Crippen LogP contribution in [-0.4, -0.2) is 12.1 Å². The second kappa shape index (κ2) is 4.96. The van der Waals surface area contributed by atoms with E-state index in [1.807, 2.05) is 6.07 Å². The minimum absolute atomic E-state index is 0.125. The molecule has 1 saturated heterocycles. The molecular formula is C14H20FN. The van der Waals surface area contributed by atoms with Crippen LogP contribution in [-0.2, 0) is 6.42 Å². The molecule has 1 aromatic rings. The summed E-state index contributed by atoms with van der Waals surface area (Å²) in [5.74, 6) is -0.125. The monoisotopic (exact) mass is 221 g/mol. The lowest BCUT2D eigenvalue weighted by Gasteiger charge is -2.38. The van der Waals surface area contributed by atoms with Crippen molar-refractivity contribution in [1.82, 2.24) is 5.32 Å². The van der Waals surface area contributed by atoms with Crippen molar-refractivity contribution in [3.05, 3.63) is 35.6 Å². The van der Waals surface area contributed by atoms with Crippen LogP contribution in [0.15, 0.2) is 24.3 Å². The molecule has 0 bridgehead atoms. The summed E-state index contributed by atoms with van der Waals surface area (Å²) in [6.07, 6.45) is 5.83. The molecule has 1 fully saturated rings. The van der Waals surface area contributed by atoms with Gasteiger partial charge in [-0.15, -0.1) is 0 Å². The molecule has 1 nitrogen and oxygen atoms in total. The molecule has 0 spiro atoms. The molecule has 0 saturated carbocycles. The smallest absolute Gasteiger partial charge is 0.123 e. The van der Waals surface area contributed by atoms with Crippen LogP contribution in [0.2, 0.25) is 0 Å². The van der Waals surface area contributed by atoms with Crippen LogP contribution in [0.1, 0.15) is 38.2 Å². The van der Waals surface area contributed by atoms with Crippen LogP contribution in [0.3, 0.4) is 0 Å². The summed E-state index contributed by atoms with van der Waals surface area (Å²) >= 11 is 0. The maximum atomic E-state index is 13.1. The second-order valence-corrected chi connectivity index (χ2v) is 4.82. The topological polar surface area (TPSA) is 12.0 Å². The van der Waals surface area contributed by atoms with Crippen molar-refractivity contribution in [3.63, 3.8) is 0 Å². The third-order valence-electron chi connectivity index (χ3n) is 3.69. The molecule has 1 atom stereocenters. The number of nitrogens with one attached hydrogen (secondary N) is 1. The van der Waals surface area contributed by atoms with E-state index in [-0.39, 0.29) is 11.4 Å². The maximum Gasteiger partial charge on any atom is 0.123 e. The van der Waals surface area contributed by atoms with Gasteiger partial charge in [0.15, 0.2) is 0 Å². The first-order valence-electron chi connectivity index (χ1n) is 6.24. The van der Waals surface area contributed by atoms with E-state index in [1.165, 1.54) is 25.3 Å². The summed E-state index contributed by atoms with van der Waals surface area (Å²) in [6.45, 7) is 3.32. The summed E-state index contributed by atoms with van der Waals surface area (Å²) in [5.41, 5.74) is 1.31. The van der Waals surface area contributed by atoms with Crippen LogP contribution in [0.25, 0.3) is 0 Å². The number of halogens is 1. The first-order valence-corrected chi connectivity index (χ1v) is 6.24. The Balaban J connectivity index is 2.11. The van der Waals surface area contributed by atoms with Crippen LogP contribution in [0.4, 0.5) is 4.39 Å². The Hall–Kier alpha value is -0.890. The summed E-state index contributed by atoms with van der Waals surface area (Å²) < 4.78 is 13.1. The molecule has 88 valence electrons. The molecule has 2 rings (SSSR count). The van der Waals surface area contributed by atoms with E-state index in [1.54, 1.807) is 12.1 Å². The molecule has 0 amide bonds. The van der Waals surface area contributed by atoms with Crippen molar-refractivity contribution >= 4 is 0 Å². The zero-order valence-corrected chi connectivity index (χ0v) is 9.93. The van der Waals surface area contributed by atoms with Crippen LogP contribution in [0.5, 0.6) is 0 Å². The van der Waals surface area contributed by atoms with E-state index in [9.17, 15) is 4.39 Å². The van der Waals surface area contributed by atoms with Gasteiger partial charge >= 0.3 is 0 Å². The fourth-order valence-electron chi connectivity index (χ4n) is 2.65. The highest BCUT2D eigenvalue weighted by molar-refractivity contribution is 5.19. The minimum atomic E-state index is -0.125. The predicted octanol–water partition coefficient (Wildman–Crippen LogP) is 3.29. The summed E-state index contributed by atoms with van der Waals surface area (Å²) in [6, 6.07) is 7.00. The van der Waals surface area contributed by atoms with Gasteiger partial charge in [-0.25, -0.2) is 4.39 Å². The number of benzene rings is 1. The van der Waals surface area contributed by atoms with E-state index in [4.69, 9.17) is 0 Å².